The second kappa shape index (κ2) is 11.4. The van der Waals surface area contributed by atoms with Crippen LogP contribution in [0.2, 0.25) is 0 Å². The first-order valence-electron chi connectivity index (χ1n) is 10.7. The molecule has 1 aliphatic heterocycles. The summed E-state index contributed by atoms with van der Waals surface area (Å²) in [4.78, 5) is 14.5. The lowest BCUT2D eigenvalue weighted by Gasteiger charge is -2.17. The molecule has 1 N–H and O–H groups in total. The largest absolute Gasteiger partial charge is 0.493 e. The fourth-order valence-electron chi connectivity index (χ4n) is 3.73. The highest BCUT2D eigenvalue weighted by atomic mass is 16.5. The lowest BCUT2D eigenvalue weighted by atomic mass is 10.0. The Morgan fingerprint density at radius 2 is 1.56 bits per heavy atom. The molecule has 0 saturated heterocycles. The second-order valence-electron chi connectivity index (χ2n) is 7.53. The van der Waals surface area contributed by atoms with Crippen molar-refractivity contribution in [1.82, 2.24) is 10.2 Å². The van der Waals surface area contributed by atoms with Crippen LogP contribution < -0.4 is 24.3 Å². The topological polar surface area (TPSA) is 69.3 Å². The van der Waals surface area contributed by atoms with Crippen LogP contribution in [0.15, 0.2) is 36.5 Å². The standard InChI is InChI=1S/C25H32N2O5/c1-29-21-7-6-18(14-22(21)30-2)8-11-26-10-5-12-27-13-9-19-15-23(31-3)24(32-4)16-20(19)17-25(27)28/h6-7,9,13-16,26H,5,8,10-12,17H2,1-4H3. The summed E-state index contributed by atoms with van der Waals surface area (Å²) in [5.41, 5.74) is 3.11. The van der Waals surface area contributed by atoms with Gasteiger partial charge in [0.15, 0.2) is 23.0 Å². The average Bonchev–Trinajstić information content (AvgIpc) is 2.97. The van der Waals surface area contributed by atoms with Crippen molar-refractivity contribution in [3.8, 4) is 23.0 Å². The first kappa shape index (κ1) is 23.5. The Bertz CT molecular complexity index is 958. The van der Waals surface area contributed by atoms with E-state index in [1.54, 1.807) is 33.3 Å². The number of carbonyl (C=O) groups is 1. The zero-order valence-corrected chi connectivity index (χ0v) is 19.3. The van der Waals surface area contributed by atoms with Crippen molar-refractivity contribution in [2.45, 2.75) is 19.3 Å². The van der Waals surface area contributed by atoms with Gasteiger partial charge in [-0.05, 0) is 73.0 Å². The highest BCUT2D eigenvalue weighted by Gasteiger charge is 2.19. The fourth-order valence-corrected chi connectivity index (χ4v) is 3.73. The van der Waals surface area contributed by atoms with Gasteiger partial charge in [0.25, 0.3) is 0 Å². The van der Waals surface area contributed by atoms with E-state index < -0.39 is 0 Å². The molecule has 2 aromatic rings. The maximum absolute atomic E-state index is 12.7. The molecule has 0 aromatic heterocycles. The molecule has 0 fully saturated rings. The van der Waals surface area contributed by atoms with Crippen LogP contribution in [0.3, 0.4) is 0 Å². The van der Waals surface area contributed by atoms with E-state index in [4.69, 9.17) is 18.9 Å². The molecule has 7 heteroatoms. The van der Waals surface area contributed by atoms with E-state index in [1.165, 1.54) is 5.56 Å². The van der Waals surface area contributed by atoms with Gasteiger partial charge in [-0.3, -0.25) is 4.79 Å². The maximum Gasteiger partial charge on any atom is 0.230 e. The summed E-state index contributed by atoms with van der Waals surface area (Å²) < 4.78 is 21.4. The third kappa shape index (κ3) is 5.73. The zero-order chi connectivity index (χ0) is 22.9. The van der Waals surface area contributed by atoms with Crippen LogP contribution in [-0.2, 0) is 17.6 Å². The minimum absolute atomic E-state index is 0.0811. The van der Waals surface area contributed by atoms with Gasteiger partial charge in [0.1, 0.15) is 0 Å². The molecule has 0 atom stereocenters. The Balaban J connectivity index is 1.46. The minimum Gasteiger partial charge on any atom is -0.493 e. The highest BCUT2D eigenvalue weighted by Crippen LogP contribution is 2.32. The predicted octanol–water partition coefficient (Wildman–Crippen LogP) is 3.30. The van der Waals surface area contributed by atoms with Crippen LogP contribution >= 0.6 is 0 Å². The molecule has 7 nitrogen and oxygen atoms in total. The van der Waals surface area contributed by atoms with E-state index in [0.29, 0.717) is 24.5 Å². The SMILES string of the molecule is COc1ccc(CCNCCCN2C=Cc3cc(OC)c(OC)cc3CC2=O)cc1OC. The van der Waals surface area contributed by atoms with E-state index >= 15 is 0 Å². The van der Waals surface area contributed by atoms with Crippen LogP contribution in [0, 0.1) is 0 Å². The monoisotopic (exact) mass is 440 g/mol. The number of rotatable bonds is 11. The van der Waals surface area contributed by atoms with Crippen LogP contribution in [0.25, 0.3) is 6.08 Å². The summed E-state index contributed by atoms with van der Waals surface area (Å²) in [7, 11) is 6.49. The van der Waals surface area contributed by atoms with Gasteiger partial charge in [-0.15, -0.1) is 0 Å². The molecule has 1 aliphatic rings. The molecule has 172 valence electrons. The van der Waals surface area contributed by atoms with E-state index in [9.17, 15) is 4.79 Å². The first-order chi connectivity index (χ1) is 15.6. The van der Waals surface area contributed by atoms with Crippen molar-refractivity contribution in [1.29, 1.82) is 0 Å². The lowest BCUT2D eigenvalue weighted by molar-refractivity contribution is -0.127. The summed E-state index contributed by atoms with van der Waals surface area (Å²) in [5.74, 6) is 2.86. The summed E-state index contributed by atoms with van der Waals surface area (Å²) >= 11 is 0. The second-order valence-corrected chi connectivity index (χ2v) is 7.53. The fraction of sp³-hybridized carbons (Fsp3) is 0.400. The van der Waals surface area contributed by atoms with Crippen molar-refractivity contribution in [3.05, 3.63) is 53.2 Å². The van der Waals surface area contributed by atoms with Gasteiger partial charge in [-0.1, -0.05) is 6.07 Å². The van der Waals surface area contributed by atoms with Crippen molar-refractivity contribution in [2.75, 3.05) is 48.1 Å². The predicted molar refractivity (Wildman–Crippen MR) is 125 cm³/mol. The normalized spacial score (nSPS) is 12.9. The van der Waals surface area contributed by atoms with Crippen LogP contribution in [-0.4, -0.2) is 58.9 Å². The molecule has 1 amide bonds. The van der Waals surface area contributed by atoms with Crippen molar-refractivity contribution in [3.63, 3.8) is 0 Å². The van der Waals surface area contributed by atoms with Crippen molar-refractivity contribution in [2.24, 2.45) is 0 Å². The molecule has 2 aromatic carbocycles. The average molecular weight is 441 g/mol. The Morgan fingerprint density at radius 1 is 0.875 bits per heavy atom. The Kier molecular flexibility index (Phi) is 8.39. The number of methoxy groups -OCH3 is 4. The smallest absolute Gasteiger partial charge is 0.230 e. The third-order valence-corrected chi connectivity index (χ3v) is 5.53. The summed E-state index contributed by atoms with van der Waals surface area (Å²) in [6.45, 7) is 2.35. The summed E-state index contributed by atoms with van der Waals surface area (Å²) in [6, 6.07) is 9.77. The molecule has 0 radical (unpaired) electrons. The van der Waals surface area contributed by atoms with Gasteiger partial charge in [0.05, 0.1) is 34.9 Å². The van der Waals surface area contributed by atoms with Crippen LogP contribution in [0.4, 0.5) is 0 Å². The maximum atomic E-state index is 12.7. The molecular formula is C25H32N2O5. The number of carbonyl (C=O) groups excluding carboxylic acids is 1. The molecule has 0 saturated carbocycles. The molecule has 0 bridgehead atoms. The number of nitrogens with zero attached hydrogens (tertiary/aromatic N) is 1. The molecule has 1 heterocycles. The summed E-state index contributed by atoms with van der Waals surface area (Å²) in [6.07, 6.45) is 5.93. The number of hydrogen-bond acceptors (Lipinski definition) is 6. The van der Waals surface area contributed by atoms with Gasteiger partial charge in [-0.25, -0.2) is 0 Å². The third-order valence-electron chi connectivity index (χ3n) is 5.53. The number of benzene rings is 2. The number of ether oxygens (including phenoxy) is 4. The molecular weight excluding hydrogens is 408 g/mol. The Morgan fingerprint density at radius 3 is 2.28 bits per heavy atom. The van der Waals surface area contributed by atoms with E-state index in [0.717, 1.165) is 48.6 Å². The highest BCUT2D eigenvalue weighted by molar-refractivity contribution is 5.84. The first-order valence-corrected chi connectivity index (χ1v) is 10.7. The van der Waals surface area contributed by atoms with Gasteiger partial charge >= 0.3 is 0 Å². The van der Waals surface area contributed by atoms with E-state index in [-0.39, 0.29) is 5.91 Å². The molecule has 0 unspecified atom stereocenters. The summed E-state index contributed by atoms with van der Waals surface area (Å²) in [5, 5.41) is 3.45. The quantitative estimate of drug-likeness (QED) is 0.541. The van der Waals surface area contributed by atoms with E-state index in [1.807, 2.05) is 42.6 Å². The van der Waals surface area contributed by atoms with Gasteiger partial charge < -0.3 is 29.2 Å². The Hall–Kier alpha value is -3.19. The number of nitrogens with one attached hydrogen (secondary N) is 1. The molecule has 0 spiro atoms. The number of amides is 1. The van der Waals surface area contributed by atoms with Crippen molar-refractivity contribution < 1.29 is 23.7 Å². The lowest BCUT2D eigenvalue weighted by Crippen LogP contribution is -2.30. The number of hydrogen-bond donors (Lipinski definition) is 1. The van der Waals surface area contributed by atoms with E-state index in [2.05, 4.69) is 5.32 Å². The molecule has 32 heavy (non-hydrogen) atoms. The van der Waals surface area contributed by atoms with Crippen molar-refractivity contribution >= 4 is 12.0 Å². The Labute approximate surface area is 189 Å². The van der Waals surface area contributed by atoms with Crippen LogP contribution in [0.1, 0.15) is 23.1 Å². The molecule has 0 aliphatic carbocycles. The van der Waals surface area contributed by atoms with Crippen LogP contribution in [0.5, 0.6) is 23.0 Å². The number of fused-ring (bicyclic) bond motifs is 1. The van der Waals surface area contributed by atoms with Gasteiger partial charge in [0.2, 0.25) is 5.91 Å². The molecule has 3 rings (SSSR count). The van der Waals surface area contributed by atoms with Gasteiger partial charge in [0, 0.05) is 12.7 Å². The minimum atomic E-state index is 0.0811. The zero-order valence-electron chi connectivity index (χ0n) is 19.3. The van der Waals surface area contributed by atoms with Gasteiger partial charge in [-0.2, -0.15) is 0 Å².